The van der Waals surface area contributed by atoms with Crippen molar-refractivity contribution in [1.29, 1.82) is 0 Å². The van der Waals surface area contributed by atoms with Gasteiger partial charge in [0.05, 0.1) is 19.8 Å². The Bertz CT molecular complexity index is 391. The monoisotopic (exact) mass is 276 g/mol. The van der Waals surface area contributed by atoms with E-state index < -0.39 is 4.84 Å². The Morgan fingerprint density at radius 1 is 1.35 bits per heavy atom. The Morgan fingerprint density at radius 3 is 2.59 bits per heavy atom. The fourth-order valence-electron chi connectivity index (χ4n) is 1.57. The highest BCUT2D eigenvalue weighted by molar-refractivity contribution is 6.44. The van der Waals surface area contributed by atoms with Gasteiger partial charge in [-0.3, -0.25) is 0 Å². The van der Waals surface area contributed by atoms with E-state index in [2.05, 4.69) is 0 Å². The molecule has 5 heteroatoms. The lowest BCUT2D eigenvalue weighted by Gasteiger charge is -2.12. The van der Waals surface area contributed by atoms with Crippen LogP contribution in [0.15, 0.2) is 18.2 Å². The standard InChI is InChI=1S/C12H14Cl2O3/c1-16-10-5-3-4-9(12(15)17-2)8(10)6-7-11(13)14/h3-5,11H,6-7H2,1-2H3. The number of hydrogen-bond donors (Lipinski definition) is 0. The van der Waals surface area contributed by atoms with Gasteiger partial charge in [0.1, 0.15) is 10.6 Å². The predicted molar refractivity (Wildman–Crippen MR) is 68.1 cm³/mol. The first-order valence-electron chi connectivity index (χ1n) is 5.12. The van der Waals surface area contributed by atoms with Gasteiger partial charge in [-0.2, -0.15) is 0 Å². The summed E-state index contributed by atoms with van der Waals surface area (Å²) in [6.07, 6.45) is 1.11. The van der Waals surface area contributed by atoms with Crippen LogP contribution in [0.1, 0.15) is 22.3 Å². The number of hydrogen-bond acceptors (Lipinski definition) is 3. The first-order chi connectivity index (χ1) is 8.10. The highest BCUT2D eigenvalue weighted by Crippen LogP contribution is 2.26. The first kappa shape index (κ1) is 14.1. The zero-order valence-corrected chi connectivity index (χ0v) is 11.2. The number of alkyl halides is 2. The van der Waals surface area contributed by atoms with E-state index in [1.165, 1.54) is 7.11 Å². The molecule has 0 bridgehead atoms. The number of rotatable bonds is 5. The van der Waals surface area contributed by atoms with Crippen molar-refractivity contribution in [2.24, 2.45) is 0 Å². The van der Waals surface area contributed by atoms with Crippen molar-refractivity contribution in [3.05, 3.63) is 29.3 Å². The molecule has 0 saturated heterocycles. The van der Waals surface area contributed by atoms with Crippen LogP contribution in [0.5, 0.6) is 5.75 Å². The topological polar surface area (TPSA) is 35.5 Å². The summed E-state index contributed by atoms with van der Waals surface area (Å²) in [7, 11) is 2.90. The van der Waals surface area contributed by atoms with Gasteiger partial charge in [-0.25, -0.2) is 4.79 Å². The van der Waals surface area contributed by atoms with Gasteiger partial charge in [-0.05, 0) is 25.0 Å². The van der Waals surface area contributed by atoms with Gasteiger partial charge in [0.2, 0.25) is 0 Å². The number of esters is 1. The predicted octanol–water partition coefficient (Wildman–Crippen LogP) is 3.22. The minimum absolute atomic E-state index is 0.389. The highest BCUT2D eigenvalue weighted by atomic mass is 35.5. The lowest BCUT2D eigenvalue weighted by Crippen LogP contribution is -2.08. The molecule has 0 spiro atoms. The molecular weight excluding hydrogens is 263 g/mol. The third-order valence-corrected chi connectivity index (χ3v) is 2.81. The van der Waals surface area contributed by atoms with E-state index in [1.54, 1.807) is 25.3 Å². The maximum Gasteiger partial charge on any atom is 0.338 e. The third-order valence-electron chi connectivity index (χ3n) is 2.37. The van der Waals surface area contributed by atoms with Gasteiger partial charge in [0, 0.05) is 5.56 Å². The van der Waals surface area contributed by atoms with Crippen LogP contribution in [-0.4, -0.2) is 25.0 Å². The molecule has 0 heterocycles. The highest BCUT2D eigenvalue weighted by Gasteiger charge is 2.16. The molecule has 0 N–H and O–H groups in total. The molecule has 0 fully saturated rings. The van der Waals surface area contributed by atoms with Crippen LogP contribution in [0.25, 0.3) is 0 Å². The lowest BCUT2D eigenvalue weighted by atomic mass is 10.0. The Morgan fingerprint density at radius 2 is 2.06 bits per heavy atom. The van der Waals surface area contributed by atoms with Crippen LogP contribution in [0.2, 0.25) is 0 Å². The first-order valence-corrected chi connectivity index (χ1v) is 5.99. The van der Waals surface area contributed by atoms with Crippen LogP contribution in [0.3, 0.4) is 0 Å². The normalized spacial score (nSPS) is 10.4. The minimum Gasteiger partial charge on any atom is -0.496 e. The number of ether oxygens (including phenoxy) is 2. The second-order valence-electron chi connectivity index (χ2n) is 3.41. The molecule has 0 aliphatic rings. The van der Waals surface area contributed by atoms with Gasteiger partial charge >= 0.3 is 5.97 Å². The van der Waals surface area contributed by atoms with E-state index in [9.17, 15) is 4.79 Å². The summed E-state index contributed by atoms with van der Waals surface area (Å²) in [6.45, 7) is 0. The summed E-state index contributed by atoms with van der Waals surface area (Å²) in [5.74, 6) is 0.251. The summed E-state index contributed by atoms with van der Waals surface area (Å²) in [5, 5.41) is 0. The number of benzene rings is 1. The molecule has 1 aromatic rings. The van der Waals surface area contributed by atoms with E-state index in [1.807, 2.05) is 0 Å². The third kappa shape index (κ3) is 3.79. The molecule has 17 heavy (non-hydrogen) atoms. The molecule has 0 radical (unpaired) electrons. The molecule has 1 rings (SSSR count). The molecule has 0 unspecified atom stereocenters. The SMILES string of the molecule is COC(=O)c1cccc(OC)c1CCC(Cl)Cl. The second kappa shape index (κ2) is 6.72. The Labute approximate surface area is 111 Å². The zero-order chi connectivity index (χ0) is 12.8. The molecule has 0 aliphatic carbocycles. The van der Waals surface area contributed by atoms with Crippen molar-refractivity contribution in [2.75, 3.05) is 14.2 Å². The van der Waals surface area contributed by atoms with Crippen LogP contribution in [-0.2, 0) is 11.2 Å². The van der Waals surface area contributed by atoms with Crippen molar-refractivity contribution in [1.82, 2.24) is 0 Å². The summed E-state index contributed by atoms with van der Waals surface area (Å²) < 4.78 is 9.94. The largest absolute Gasteiger partial charge is 0.496 e. The van der Waals surface area contributed by atoms with Gasteiger partial charge in [-0.1, -0.05) is 6.07 Å². The van der Waals surface area contributed by atoms with Crippen molar-refractivity contribution in [3.63, 3.8) is 0 Å². The summed E-state index contributed by atoms with van der Waals surface area (Å²) in [4.78, 5) is 11.1. The van der Waals surface area contributed by atoms with Gasteiger partial charge < -0.3 is 9.47 Å². The molecule has 1 aromatic carbocycles. The molecule has 0 amide bonds. The van der Waals surface area contributed by atoms with Gasteiger partial charge in [0.25, 0.3) is 0 Å². The van der Waals surface area contributed by atoms with Crippen LogP contribution >= 0.6 is 23.2 Å². The minimum atomic E-state index is -0.467. The Balaban J connectivity index is 3.06. The Hall–Kier alpha value is -0.930. The van der Waals surface area contributed by atoms with Crippen molar-refractivity contribution in [3.8, 4) is 5.75 Å². The summed E-state index contributed by atoms with van der Waals surface area (Å²) in [5.41, 5.74) is 1.26. The molecule has 0 saturated carbocycles. The lowest BCUT2D eigenvalue weighted by molar-refractivity contribution is 0.0599. The molecular formula is C12H14Cl2O3. The molecule has 94 valence electrons. The second-order valence-corrected chi connectivity index (χ2v) is 4.68. The van der Waals surface area contributed by atoms with Crippen molar-refractivity contribution < 1.29 is 14.3 Å². The number of carbonyl (C=O) groups excluding carboxylic acids is 1. The van der Waals surface area contributed by atoms with E-state index in [0.29, 0.717) is 24.2 Å². The average molecular weight is 277 g/mol. The summed E-state index contributed by atoms with van der Waals surface area (Å²) in [6, 6.07) is 5.23. The molecule has 0 aromatic heterocycles. The maximum atomic E-state index is 11.6. The van der Waals surface area contributed by atoms with E-state index in [-0.39, 0.29) is 5.97 Å². The quantitative estimate of drug-likeness (QED) is 0.612. The number of halogens is 2. The van der Waals surface area contributed by atoms with Gasteiger partial charge in [-0.15, -0.1) is 23.2 Å². The van der Waals surface area contributed by atoms with Crippen LogP contribution < -0.4 is 4.74 Å². The van der Waals surface area contributed by atoms with Crippen LogP contribution in [0, 0.1) is 0 Å². The van der Waals surface area contributed by atoms with Crippen LogP contribution in [0.4, 0.5) is 0 Å². The average Bonchev–Trinajstić information content (AvgIpc) is 2.34. The molecule has 0 aliphatic heterocycles. The van der Waals surface area contributed by atoms with E-state index in [4.69, 9.17) is 32.7 Å². The summed E-state index contributed by atoms with van der Waals surface area (Å²) >= 11 is 11.4. The van der Waals surface area contributed by atoms with E-state index >= 15 is 0 Å². The van der Waals surface area contributed by atoms with Crippen molar-refractivity contribution in [2.45, 2.75) is 17.7 Å². The fraction of sp³-hybridized carbons (Fsp3) is 0.417. The Kier molecular flexibility index (Phi) is 5.59. The van der Waals surface area contributed by atoms with Gasteiger partial charge in [0.15, 0.2) is 0 Å². The fourth-order valence-corrected chi connectivity index (χ4v) is 1.79. The number of methoxy groups -OCH3 is 2. The van der Waals surface area contributed by atoms with E-state index in [0.717, 1.165) is 5.56 Å². The molecule has 0 atom stereocenters. The van der Waals surface area contributed by atoms with Crippen molar-refractivity contribution >= 4 is 29.2 Å². The molecule has 3 nitrogen and oxygen atoms in total. The smallest absolute Gasteiger partial charge is 0.338 e. The maximum absolute atomic E-state index is 11.6. The zero-order valence-electron chi connectivity index (χ0n) is 9.70. The number of carbonyl (C=O) groups is 1.